The molecule has 2 N–H and O–H groups in total. The molecule has 0 bridgehead atoms. The van der Waals surface area contributed by atoms with Crippen LogP contribution < -0.4 is 15.4 Å². The summed E-state index contributed by atoms with van der Waals surface area (Å²) in [5.74, 6) is 0.424. The number of hydrogen-bond acceptors (Lipinski definition) is 5. The van der Waals surface area contributed by atoms with Crippen LogP contribution in [0.4, 0.5) is 11.4 Å². The normalized spacial score (nSPS) is 10.5. The Hall–Kier alpha value is -2.60. The van der Waals surface area contributed by atoms with Crippen LogP contribution in [0.3, 0.4) is 0 Å². The van der Waals surface area contributed by atoms with Gasteiger partial charge in [-0.3, -0.25) is 4.79 Å². The number of anilines is 2. The third kappa shape index (κ3) is 3.60. The van der Waals surface area contributed by atoms with Crippen molar-refractivity contribution in [3.05, 3.63) is 42.5 Å². The van der Waals surface area contributed by atoms with Gasteiger partial charge < -0.3 is 15.4 Å². The number of para-hydroxylation sites is 1. The summed E-state index contributed by atoms with van der Waals surface area (Å²) < 4.78 is 7.00. The number of amides is 1. The van der Waals surface area contributed by atoms with Crippen molar-refractivity contribution < 1.29 is 9.53 Å². The molecular weight excluding hydrogens is 310 g/mol. The average molecular weight is 327 g/mol. The maximum Gasteiger partial charge on any atom is 0.279 e. The summed E-state index contributed by atoms with van der Waals surface area (Å²) in [4.78, 5) is 15.8. The summed E-state index contributed by atoms with van der Waals surface area (Å²) >= 11 is 1.47. The molecule has 23 heavy (non-hydrogen) atoms. The highest BCUT2D eigenvalue weighted by Crippen LogP contribution is 2.36. The van der Waals surface area contributed by atoms with E-state index < -0.39 is 0 Å². The van der Waals surface area contributed by atoms with Crippen LogP contribution in [0.1, 0.15) is 13.8 Å². The van der Waals surface area contributed by atoms with Gasteiger partial charge >= 0.3 is 0 Å². The highest BCUT2D eigenvalue weighted by Gasteiger charge is 2.11. The Morgan fingerprint density at radius 3 is 2.83 bits per heavy atom. The minimum absolute atomic E-state index is 0.143. The van der Waals surface area contributed by atoms with Gasteiger partial charge in [0.2, 0.25) is 5.91 Å². The van der Waals surface area contributed by atoms with Gasteiger partial charge in [-0.1, -0.05) is 23.5 Å². The quantitative estimate of drug-likeness (QED) is 0.725. The summed E-state index contributed by atoms with van der Waals surface area (Å²) in [6.45, 7) is 4.30. The second kappa shape index (κ2) is 6.66. The van der Waals surface area contributed by atoms with Crippen molar-refractivity contribution in [2.45, 2.75) is 13.8 Å². The number of nitrogens with one attached hydrogen (secondary N) is 2. The number of benzene rings is 2. The van der Waals surface area contributed by atoms with E-state index in [2.05, 4.69) is 15.6 Å². The molecule has 0 fully saturated rings. The summed E-state index contributed by atoms with van der Waals surface area (Å²) in [5.41, 5.74) is 2.45. The Balaban J connectivity index is 1.94. The average Bonchev–Trinajstić information content (AvgIpc) is 2.92. The molecule has 1 heterocycles. The Morgan fingerprint density at radius 1 is 1.26 bits per heavy atom. The van der Waals surface area contributed by atoms with Gasteiger partial charge in [-0.25, -0.2) is 4.98 Å². The van der Waals surface area contributed by atoms with E-state index in [4.69, 9.17) is 4.74 Å². The van der Waals surface area contributed by atoms with Gasteiger partial charge in [0.05, 0.1) is 15.9 Å². The number of ether oxygens (including phenoxy) is 1. The van der Waals surface area contributed by atoms with Gasteiger partial charge in [0.25, 0.3) is 5.19 Å². The zero-order chi connectivity index (χ0) is 16.2. The number of hydrogen-bond donors (Lipinski definition) is 2. The highest BCUT2D eigenvalue weighted by molar-refractivity contribution is 7.20. The first kappa shape index (κ1) is 15.3. The Bertz CT molecular complexity index is 812. The predicted octanol–water partition coefficient (Wildman–Crippen LogP) is 4.48. The molecule has 2 aromatic carbocycles. The fraction of sp³-hybridized carbons (Fsp3) is 0.176. The standard InChI is InChI=1S/C17H17N3O2S/c1-3-18-12-8-9-13(19-11(2)21)15(10-12)22-17-20-14-6-4-5-7-16(14)23-17/h4-10,18H,3H2,1-2H3,(H,19,21). The van der Waals surface area contributed by atoms with Gasteiger partial charge in [0, 0.05) is 25.2 Å². The summed E-state index contributed by atoms with van der Waals surface area (Å²) in [6.07, 6.45) is 0. The van der Waals surface area contributed by atoms with Crippen molar-refractivity contribution in [3.8, 4) is 10.9 Å². The smallest absolute Gasteiger partial charge is 0.279 e. The van der Waals surface area contributed by atoms with E-state index in [-0.39, 0.29) is 5.91 Å². The molecule has 0 aliphatic heterocycles. The van der Waals surface area contributed by atoms with Crippen LogP contribution in [0.15, 0.2) is 42.5 Å². The van der Waals surface area contributed by atoms with Gasteiger partial charge in [0.1, 0.15) is 0 Å². The number of nitrogens with zero attached hydrogens (tertiary/aromatic N) is 1. The minimum atomic E-state index is -0.143. The molecule has 0 aliphatic carbocycles. The maximum atomic E-state index is 11.4. The fourth-order valence-electron chi connectivity index (χ4n) is 2.20. The van der Waals surface area contributed by atoms with Crippen molar-refractivity contribution in [3.63, 3.8) is 0 Å². The molecule has 3 rings (SSSR count). The van der Waals surface area contributed by atoms with Crippen LogP contribution in [0.25, 0.3) is 10.2 Å². The van der Waals surface area contributed by atoms with Crippen LogP contribution in [-0.2, 0) is 4.79 Å². The molecule has 6 heteroatoms. The van der Waals surface area contributed by atoms with Gasteiger partial charge in [-0.05, 0) is 31.2 Å². The molecule has 0 unspecified atom stereocenters. The number of carbonyl (C=O) groups is 1. The molecule has 3 aromatic rings. The van der Waals surface area contributed by atoms with Gasteiger partial charge in [-0.2, -0.15) is 0 Å². The zero-order valence-corrected chi connectivity index (χ0v) is 13.7. The van der Waals surface area contributed by atoms with E-state index in [0.717, 1.165) is 22.4 Å². The van der Waals surface area contributed by atoms with E-state index in [9.17, 15) is 4.79 Å². The second-order valence-electron chi connectivity index (χ2n) is 4.97. The summed E-state index contributed by atoms with van der Waals surface area (Å²) in [5, 5.41) is 6.56. The van der Waals surface area contributed by atoms with Crippen LogP contribution in [-0.4, -0.2) is 17.4 Å². The molecule has 0 saturated heterocycles. The number of rotatable bonds is 5. The number of carbonyl (C=O) groups excluding carboxylic acids is 1. The molecule has 5 nitrogen and oxygen atoms in total. The molecule has 118 valence electrons. The van der Waals surface area contributed by atoms with Crippen LogP contribution >= 0.6 is 11.3 Å². The lowest BCUT2D eigenvalue weighted by Crippen LogP contribution is -2.07. The van der Waals surface area contributed by atoms with Crippen LogP contribution in [0.5, 0.6) is 10.9 Å². The van der Waals surface area contributed by atoms with Crippen molar-refractivity contribution in [2.75, 3.05) is 17.2 Å². The van der Waals surface area contributed by atoms with E-state index in [0.29, 0.717) is 16.6 Å². The first-order valence-electron chi connectivity index (χ1n) is 7.34. The van der Waals surface area contributed by atoms with Gasteiger partial charge in [0.15, 0.2) is 5.75 Å². The van der Waals surface area contributed by atoms with Gasteiger partial charge in [-0.15, -0.1) is 0 Å². The molecule has 0 radical (unpaired) electrons. The van der Waals surface area contributed by atoms with Crippen molar-refractivity contribution >= 4 is 38.8 Å². The molecule has 0 aliphatic rings. The van der Waals surface area contributed by atoms with E-state index >= 15 is 0 Å². The maximum absolute atomic E-state index is 11.4. The topological polar surface area (TPSA) is 63.2 Å². The first-order valence-corrected chi connectivity index (χ1v) is 8.16. The lowest BCUT2D eigenvalue weighted by molar-refractivity contribution is -0.114. The lowest BCUT2D eigenvalue weighted by atomic mass is 10.2. The SMILES string of the molecule is CCNc1ccc(NC(C)=O)c(Oc2nc3ccccc3s2)c1. The highest BCUT2D eigenvalue weighted by atomic mass is 32.1. The largest absolute Gasteiger partial charge is 0.429 e. The van der Waals surface area contributed by atoms with Crippen molar-refractivity contribution in [1.29, 1.82) is 0 Å². The van der Waals surface area contributed by atoms with Crippen molar-refractivity contribution in [2.24, 2.45) is 0 Å². The number of fused-ring (bicyclic) bond motifs is 1. The molecular formula is C17H17N3O2S. The molecule has 0 atom stereocenters. The lowest BCUT2D eigenvalue weighted by Gasteiger charge is -2.12. The predicted molar refractivity (Wildman–Crippen MR) is 94.6 cm³/mol. The zero-order valence-electron chi connectivity index (χ0n) is 12.9. The molecule has 0 spiro atoms. The molecule has 1 amide bonds. The fourth-order valence-corrected chi connectivity index (χ4v) is 3.03. The molecule has 0 saturated carbocycles. The van der Waals surface area contributed by atoms with Crippen LogP contribution in [0, 0.1) is 0 Å². The summed E-state index contributed by atoms with van der Waals surface area (Å²) in [6, 6.07) is 13.5. The van der Waals surface area contributed by atoms with E-state index in [1.54, 1.807) is 0 Å². The minimum Gasteiger partial charge on any atom is -0.429 e. The van der Waals surface area contributed by atoms with E-state index in [1.807, 2.05) is 49.4 Å². The Labute approximate surface area is 138 Å². The third-order valence-electron chi connectivity index (χ3n) is 3.14. The summed E-state index contributed by atoms with van der Waals surface area (Å²) in [7, 11) is 0. The monoisotopic (exact) mass is 327 g/mol. The number of aromatic nitrogens is 1. The second-order valence-corrected chi connectivity index (χ2v) is 5.97. The first-order chi connectivity index (χ1) is 11.2. The van der Waals surface area contributed by atoms with Crippen LogP contribution in [0.2, 0.25) is 0 Å². The third-order valence-corrected chi connectivity index (χ3v) is 4.06. The Kier molecular flexibility index (Phi) is 4.43. The Morgan fingerprint density at radius 2 is 2.09 bits per heavy atom. The van der Waals surface area contributed by atoms with E-state index in [1.165, 1.54) is 18.3 Å². The molecule has 1 aromatic heterocycles. The van der Waals surface area contributed by atoms with Crippen molar-refractivity contribution in [1.82, 2.24) is 4.98 Å². The number of thiazole rings is 1.